The SMILES string of the molecule is Cc1[c-]c2c3nccc4c3c3c(cccc3c2c(C)c1)C4(C)C.[Ir]. The molecule has 1 aromatic heterocycles. The van der Waals surface area contributed by atoms with Gasteiger partial charge in [-0.05, 0) is 33.5 Å². The molecule has 0 saturated heterocycles. The first-order valence-electron chi connectivity index (χ1n) is 8.18. The molecule has 0 atom stereocenters. The molecule has 5 rings (SSSR count). The number of aromatic nitrogens is 1. The summed E-state index contributed by atoms with van der Waals surface area (Å²) in [5.74, 6) is 0. The van der Waals surface area contributed by atoms with Crippen molar-refractivity contribution >= 4 is 32.4 Å². The van der Waals surface area contributed by atoms with Gasteiger partial charge in [0.15, 0.2) is 0 Å². The summed E-state index contributed by atoms with van der Waals surface area (Å²) in [7, 11) is 0. The topological polar surface area (TPSA) is 12.9 Å². The zero-order chi connectivity index (χ0) is 15.9. The summed E-state index contributed by atoms with van der Waals surface area (Å²) in [4.78, 5) is 4.77. The number of hydrogen-bond acceptors (Lipinski definition) is 1. The summed E-state index contributed by atoms with van der Waals surface area (Å²) in [5, 5.41) is 6.54. The van der Waals surface area contributed by atoms with Crippen LogP contribution in [0.3, 0.4) is 0 Å². The van der Waals surface area contributed by atoms with E-state index in [1.54, 1.807) is 0 Å². The van der Waals surface area contributed by atoms with Gasteiger partial charge < -0.3 is 4.98 Å². The van der Waals surface area contributed by atoms with Crippen LogP contribution in [0.4, 0.5) is 0 Å². The fourth-order valence-corrected chi connectivity index (χ4v) is 4.54. The minimum Gasteiger partial charge on any atom is -0.304 e. The molecule has 2 heteroatoms. The predicted octanol–water partition coefficient (Wildman–Crippen LogP) is 5.60. The van der Waals surface area contributed by atoms with Crippen molar-refractivity contribution in [3.05, 3.63) is 64.8 Å². The normalized spacial score (nSPS) is 14.7. The molecule has 0 unspecified atom stereocenters. The van der Waals surface area contributed by atoms with Crippen molar-refractivity contribution in [2.45, 2.75) is 33.1 Å². The van der Waals surface area contributed by atoms with Crippen LogP contribution in [0.25, 0.3) is 32.4 Å². The van der Waals surface area contributed by atoms with Crippen molar-refractivity contribution in [2.24, 2.45) is 0 Å². The van der Waals surface area contributed by atoms with Crippen LogP contribution in [-0.4, -0.2) is 4.98 Å². The van der Waals surface area contributed by atoms with E-state index in [0.29, 0.717) is 0 Å². The van der Waals surface area contributed by atoms with E-state index in [1.807, 2.05) is 6.20 Å². The zero-order valence-corrected chi connectivity index (χ0v) is 16.6. The quantitative estimate of drug-likeness (QED) is 0.232. The molecule has 0 fully saturated rings. The Morgan fingerprint density at radius 2 is 1.71 bits per heavy atom. The van der Waals surface area contributed by atoms with Crippen LogP contribution in [0, 0.1) is 19.9 Å². The van der Waals surface area contributed by atoms with Gasteiger partial charge in [-0.2, -0.15) is 0 Å². The largest absolute Gasteiger partial charge is 0.304 e. The molecular formula is C22H18IrN-. The number of rotatable bonds is 0. The molecule has 1 aliphatic carbocycles. The fourth-order valence-electron chi connectivity index (χ4n) is 4.54. The molecule has 3 aromatic carbocycles. The minimum atomic E-state index is 0. The molecule has 1 nitrogen and oxygen atoms in total. The van der Waals surface area contributed by atoms with Gasteiger partial charge >= 0.3 is 0 Å². The van der Waals surface area contributed by atoms with Crippen molar-refractivity contribution in [1.29, 1.82) is 0 Å². The molecule has 0 aliphatic heterocycles. The number of nitrogens with zero attached hydrogens (tertiary/aromatic N) is 1. The average Bonchev–Trinajstić information content (AvgIpc) is 2.75. The second-order valence-electron chi connectivity index (χ2n) is 7.32. The Morgan fingerprint density at radius 1 is 0.958 bits per heavy atom. The Hall–Kier alpha value is -1.76. The van der Waals surface area contributed by atoms with E-state index in [1.165, 1.54) is 49.2 Å². The van der Waals surface area contributed by atoms with E-state index in [-0.39, 0.29) is 25.5 Å². The van der Waals surface area contributed by atoms with E-state index in [2.05, 4.69) is 64.1 Å². The molecule has 0 N–H and O–H groups in total. The summed E-state index contributed by atoms with van der Waals surface area (Å²) < 4.78 is 0. The van der Waals surface area contributed by atoms with E-state index in [4.69, 9.17) is 4.98 Å². The van der Waals surface area contributed by atoms with Crippen LogP contribution in [0.15, 0.2) is 36.5 Å². The third-order valence-electron chi connectivity index (χ3n) is 5.52. The first-order chi connectivity index (χ1) is 11.0. The Morgan fingerprint density at radius 3 is 2.50 bits per heavy atom. The average molecular weight is 489 g/mol. The Labute approximate surface area is 155 Å². The number of hydrogen-bond donors (Lipinski definition) is 0. The first-order valence-corrected chi connectivity index (χ1v) is 8.18. The van der Waals surface area contributed by atoms with Crippen LogP contribution in [0.1, 0.15) is 36.1 Å². The monoisotopic (exact) mass is 489 g/mol. The summed E-state index contributed by atoms with van der Waals surface area (Å²) in [5.41, 5.74) is 6.44. The van der Waals surface area contributed by atoms with Crippen LogP contribution >= 0.6 is 0 Å². The third kappa shape index (κ3) is 1.71. The van der Waals surface area contributed by atoms with Gasteiger partial charge in [0.05, 0.1) is 0 Å². The first kappa shape index (κ1) is 15.7. The smallest absolute Gasteiger partial charge is 0.0164 e. The molecule has 1 radical (unpaired) electrons. The van der Waals surface area contributed by atoms with Crippen molar-refractivity contribution in [3.8, 4) is 0 Å². The summed E-state index contributed by atoms with van der Waals surface area (Å²) in [6, 6.07) is 14.7. The molecular weight excluding hydrogens is 470 g/mol. The second-order valence-corrected chi connectivity index (χ2v) is 7.32. The number of fused-ring (bicyclic) bond motifs is 3. The van der Waals surface area contributed by atoms with Gasteiger partial charge in [0.2, 0.25) is 0 Å². The van der Waals surface area contributed by atoms with Crippen molar-refractivity contribution in [2.75, 3.05) is 0 Å². The summed E-state index contributed by atoms with van der Waals surface area (Å²) in [6.07, 6.45) is 1.96. The molecule has 1 aliphatic rings. The van der Waals surface area contributed by atoms with E-state index in [0.717, 1.165) is 5.52 Å². The molecule has 0 spiro atoms. The molecule has 121 valence electrons. The van der Waals surface area contributed by atoms with E-state index in [9.17, 15) is 0 Å². The van der Waals surface area contributed by atoms with Crippen LogP contribution in [0.2, 0.25) is 0 Å². The van der Waals surface area contributed by atoms with Crippen LogP contribution < -0.4 is 0 Å². The molecule has 0 saturated carbocycles. The zero-order valence-electron chi connectivity index (χ0n) is 14.2. The maximum absolute atomic E-state index is 4.77. The van der Waals surface area contributed by atoms with Gasteiger partial charge in [0.1, 0.15) is 0 Å². The summed E-state index contributed by atoms with van der Waals surface area (Å²) >= 11 is 0. The number of benzene rings is 3. The molecule has 4 aromatic rings. The van der Waals surface area contributed by atoms with Gasteiger partial charge in [-0.25, -0.2) is 0 Å². The van der Waals surface area contributed by atoms with E-state index >= 15 is 0 Å². The van der Waals surface area contributed by atoms with Gasteiger partial charge in [-0.3, -0.25) is 0 Å². The van der Waals surface area contributed by atoms with Gasteiger partial charge in [-0.15, -0.1) is 28.6 Å². The van der Waals surface area contributed by atoms with Crippen LogP contribution in [-0.2, 0) is 25.5 Å². The van der Waals surface area contributed by atoms with Crippen molar-refractivity contribution in [3.63, 3.8) is 0 Å². The Bertz CT molecular complexity index is 1160. The van der Waals surface area contributed by atoms with Crippen LogP contribution in [0.5, 0.6) is 0 Å². The Kier molecular flexibility index (Phi) is 3.20. The third-order valence-corrected chi connectivity index (χ3v) is 5.52. The van der Waals surface area contributed by atoms with Crippen molar-refractivity contribution in [1.82, 2.24) is 4.98 Å². The standard InChI is InChI=1S/C22H18N.Ir/c1-12-10-13(2)18-14-6-5-7-16-19(14)20-17(22(16,3)4)8-9-23-21(20)15(18)11-12;/h5-10H,1-4H3;/q-1;. The molecule has 0 amide bonds. The Balaban J connectivity index is 0.00000146. The fraction of sp³-hybridized carbons (Fsp3) is 0.227. The summed E-state index contributed by atoms with van der Waals surface area (Å²) in [6.45, 7) is 8.96. The number of pyridine rings is 1. The maximum atomic E-state index is 4.77. The van der Waals surface area contributed by atoms with Crippen molar-refractivity contribution < 1.29 is 20.1 Å². The van der Waals surface area contributed by atoms with Gasteiger partial charge in [-0.1, -0.05) is 56.7 Å². The predicted molar refractivity (Wildman–Crippen MR) is 97.2 cm³/mol. The van der Waals surface area contributed by atoms with E-state index < -0.39 is 0 Å². The molecule has 0 bridgehead atoms. The van der Waals surface area contributed by atoms with Gasteiger partial charge in [0.25, 0.3) is 0 Å². The minimum absolute atomic E-state index is 0. The molecule has 24 heavy (non-hydrogen) atoms. The molecule has 1 heterocycles. The maximum Gasteiger partial charge on any atom is 0.0164 e. The number of aryl methyl sites for hydroxylation is 2. The van der Waals surface area contributed by atoms with Gasteiger partial charge in [0, 0.05) is 31.7 Å². The second kappa shape index (κ2) is 4.88.